The topological polar surface area (TPSA) is 22.8 Å². The van der Waals surface area contributed by atoms with Crippen molar-refractivity contribution in [2.75, 3.05) is 19.6 Å². The summed E-state index contributed by atoms with van der Waals surface area (Å²) >= 11 is 3.86. The molecule has 26 rings (SSSR count). The highest BCUT2D eigenvalue weighted by molar-refractivity contribution is 7.27. The molecule has 0 spiro atoms. The quantitative estimate of drug-likeness (QED) is 0.141. The Kier molecular flexibility index (Phi) is 21.3. The molecule has 0 N–H and O–H groups in total. The zero-order chi connectivity index (χ0) is 105. The third-order valence-electron chi connectivity index (χ3n) is 34.7. The van der Waals surface area contributed by atoms with E-state index in [1.807, 2.05) is 22.7 Å². The van der Waals surface area contributed by atoms with Crippen molar-refractivity contribution in [1.29, 1.82) is 0 Å². The number of nitrogens with zero attached hydrogens (tertiary/aromatic N) is 6. The molecule has 2 aliphatic carbocycles. The molecule has 0 amide bonds. The summed E-state index contributed by atoms with van der Waals surface area (Å²) in [4.78, 5) is 10.5. The third-order valence-corrected chi connectivity index (χ3v) is 37.1. The van der Waals surface area contributed by atoms with Gasteiger partial charge in [0.2, 0.25) is 0 Å². The third kappa shape index (κ3) is 14.6. The standard InChI is InChI=1S/C72H74BN3S.C68H66BN3S/c1-41-33-60-64-61(34-41)76-65-52(63-66(76)51-21-18-19-23-53(51)72(63,16)17)37-47(71(13,14)15)38-55(65)73(64)54-30-28-48(40-59(54)75(60)58-24-20-22-50-49-29-25-46(70(10,11)12)39-62(49)77-67(50)58)74(56-31-26-44(35-42(56)2)68(4,5)6)57-32-27-45(36-43(57)3)69(7,8)9;1-39-32-57-61-58(33-39)72-62-49(60-63(72)48-21-15-17-23-50(48)68(60,13)14)36-44(67(10,11)12)37-52(62)69(61)51-29-28-45(38-56(51)71(57)55-24-19-22-47-46-20-16-18-25-59(46)73-64(47)55)70(53-30-26-42(34-40(53)2)65(4,5)6)54-31-27-43(35-41(54)3)66(7,8)9/h18-40H,1-17H3;15-38H,1-14H3. The zero-order valence-corrected chi connectivity index (χ0v) is 95.4. The van der Waals surface area contributed by atoms with Crippen LogP contribution in [0.4, 0.5) is 68.2 Å². The van der Waals surface area contributed by atoms with Gasteiger partial charge in [-0.2, -0.15) is 0 Å². The van der Waals surface area contributed by atoms with Gasteiger partial charge in [0.15, 0.2) is 0 Å². The lowest BCUT2D eigenvalue weighted by atomic mass is 9.33. The van der Waals surface area contributed by atoms with E-state index in [0.717, 1.165) is 11.4 Å². The number of fused-ring (bicyclic) bond motifs is 24. The van der Waals surface area contributed by atoms with Crippen molar-refractivity contribution < 1.29 is 0 Å². The fourth-order valence-corrected chi connectivity index (χ4v) is 29.1. The van der Waals surface area contributed by atoms with Crippen LogP contribution in [0.5, 0.6) is 0 Å². The number of thiophene rings is 2. The van der Waals surface area contributed by atoms with Crippen molar-refractivity contribution in [3.63, 3.8) is 0 Å². The molecule has 6 aliphatic rings. The SMILES string of the molecule is Cc1cc2c3c(c1)-n1c4c(c5cc(C(C)(C)C)cc(c51)B3c1ccc(N(c3ccc(C(C)(C)C)cc3C)c3ccc(C(C)(C)C)cc3C)cc1N2c1cccc2c1sc1cc(C(C)(C)C)ccc12)C(C)(C)c1ccccc1-4.Cc1cc2c3c(c1)-n1c4c(c5cc(C(C)(C)C)cc(c51)B3c1ccc(N(c3ccc(C(C)(C)C)cc3C)c3ccc(C(C)(C)C)cc3C)cc1N2c1cccc2c1sc1ccccc12)C(C)(C)c1ccccc1-4. The van der Waals surface area contributed by atoms with Gasteiger partial charge in [0.25, 0.3) is 13.4 Å². The lowest BCUT2D eigenvalue weighted by molar-refractivity contribution is 0.589. The number of aryl methyl sites for hydroxylation is 6. The highest BCUT2D eigenvalue weighted by Crippen LogP contribution is 2.61. The van der Waals surface area contributed by atoms with E-state index in [2.05, 4.69) is 528 Å². The number of rotatable bonds is 8. The molecule has 0 bridgehead atoms. The van der Waals surface area contributed by atoms with Crippen LogP contribution in [0.3, 0.4) is 0 Å². The van der Waals surface area contributed by atoms with Gasteiger partial charge in [-0.05, 0) is 316 Å². The zero-order valence-electron chi connectivity index (χ0n) is 93.8. The Hall–Kier alpha value is -13.6. The van der Waals surface area contributed by atoms with Gasteiger partial charge in [-0.3, -0.25) is 0 Å². The Morgan fingerprint density at radius 2 is 0.580 bits per heavy atom. The van der Waals surface area contributed by atoms with Crippen molar-refractivity contribution in [1.82, 2.24) is 9.13 Å². The van der Waals surface area contributed by atoms with Gasteiger partial charge in [-0.15, -0.1) is 22.7 Å². The van der Waals surface area contributed by atoms with Crippen LogP contribution in [0, 0.1) is 41.5 Å². The first-order chi connectivity index (χ1) is 70.8. The van der Waals surface area contributed by atoms with Crippen LogP contribution in [0.1, 0.15) is 268 Å². The van der Waals surface area contributed by atoms with Gasteiger partial charge in [0, 0.05) is 143 Å². The van der Waals surface area contributed by atoms with E-state index in [1.54, 1.807) is 0 Å². The molecule has 4 aliphatic heterocycles. The van der Waals surface area contributed by atoms with E-state index in [1.165, 1.54) is 280 Å². The maximum absolute atomic E-state index is 2.71. The maximum Gasteiger partial charge on any atom is 0.252 e. The normalized spacial score (nSPS) is 14.6. The van der Waals surface area contributed by atoms with Crippen LogP contribution in [0.25, 0.3) is 96.0 Å². The Labute approximate surface area is 898 Å². The van der Waals surface area contributed by atoms with E-state index in [4.69, 9.17) is 0 Å². The molecule has 0 saturated heterocycles. The summed E-state index contributed by atoms with van der Waals surface area (Å²) < 4.78 is 10.7. The molecule has 0 fully saturated rings. The predicted octanol–water partition coefficient (Wildman–Crippen LogP) is 35.7. The Bertz CT molecular complexity index is 9110. The number of hydrogen-bond acceptors (Lipinski definition) is 6. The van der Waals surface area contributed by atoms with Gasteiger partial charge in [0.05, 0.1) is 32.2 Å². The lowest BCUT2D eigenvalue weighted by Crippen LogP contribution is -2.60. The molecule has 0 saturated carbocycles. The van der Waals surface area contributed by atoms with Crippen molar-refractivity contribution >= 4 is 199 Å². The lowest BCUT2D eigenvalue weighted by Gasteiger charge is -2.42. The molecule has 0 radical (unpaired) electrons. The summed E-state index contributed by atoms with van der Waals surface area (Å²) in [5, 5.41) is 8.01. The van der Waals surface area contributed by atoms with Crippen LogP contribution in [-0.2, 0) is 48.7 Å². The second kappa shape index (κ2) is 32.9. The summed E-state index contributed by atoms with van der Waals surface area (Å²) in [5.41, 5.74) is 55.7. The van der Waals surface area contributed by atoms with E-state index in [9.17, 15) is 0 Å². The summed E-state index contributed by atoms with van der Waals surface area (Å²) in [5.74, 6) is 0. The van der Waals surface area contributed by atoms with Crippen molar-refractivity contribution in [3.8, 4) is 33.9 Å². The second-order valence-corrected chi connectivity index (χ2v) is 55.1. The Morgan fingerprint density at radius 1 is 0.253 bits per heavy atom. The summed E-state index contributed by atoms with van der Waals surface area (Å²) in [6.45, 7) is 72.7. The second-order valence-electron chi connectivity index (χ2n) is 53.0. The molecule has 150 heavy (non-hydrogen) atoms. The summed E-state index contributed by atoms with van der Waals surface area (Å²) in [6, 6.07) is 112. The molecule has 748 valence electrons. The first kappa shape index (κ1) is 97.2. The number of anilines is 12. The van der Waals surface area contributed by atoms with Gasteiger partial charge in [-0.1, -0.05) is 349 Å². The van der Waals surface area contributed by atoms with Crippen LogP contribution in [-0.4, -0.2) is 22.6 Å². The van der Waals surface area contributed by atoms with E-state index in [-0.39, 0.29) is 62.2 Å². The van der Waals surface area contributed by atoms with Crippen LogP contribution < -0.4 is 52.4 Å². The molecular formula is C140H140B2N6S2. The highest BCUT2D eigenvalue weighted by atomic mass is 32.1. The number of aromatic nitrogens is 2. The summed E-state index contributed by atoms with van der Waals surface area (Å²) in [7, 11) is 0. The Morgan fingerprint density at radius 3 is 0.953 bits per heavy atom. The first-order valence-corrected chi connectivity index (χ1v) is 56.2. The highest BCUT2D eigenvalue weighted by Gasteiger charge is 2.52. The van der Waals surface area contributed by atoms with Gasteiger partial charge in [0.1, 0.15) is 0 Å². The fourth-order valence-electron chi connectivity index (χ4n) is 26.6. The van der Waals surface area contributed by atoms with Crippen molar-refractivity contribution in [2.24, 2.45) is 0 Å². The van der Waals surface area contributed by atoms with Crippen LogP contribution in [0.15, 0.2) is 285 Å². The molecule has 0 atom stereocenters. The van der Waals surface area contributed by atoms with Gasteiger partial charge in [-0.25, -0.2) is 0 Å². The maximum atomic E-state index is 2.71. The average molecular weight is 1990 g/mol. The fraction of sp³-hybridized carbons (Fsp3) is 0.286. The van der Waals surface area contributed by atoms with Gasteiger partial charge < -0.3 is 28.7 Å². The Balaban J connectivity index is 0.000000155. The molecule has 8 heterocycles. The minimum atomic E-state index is -0.186. The van der Waals surface area contributed by atoms with Gasteiger partial charge >= 0.3 is 0 Å². The molecule has 16 aromatic carbocycles. The molecule has 4 aromatic heterocycles. The molecule has 20 aromatic rings. The van der Waals surface area contributed by atoms with E-state index in [0.29, 0.717) is 0 Å². The smallest absolute Gasteiger partial charge is 0.252 e. The van der Waals surface area contributed by atoms with Crippen LogP contribution >= 0.6 is 22.7 Å². The van der Waals surface area contributed by atoms with Crippen molar-refractivity contribution in [3.05, 3.63) is 380 Å². The van der Waals surface area contributed by atoms with E-state index >= 15 is 0 Å². The largest absolute Gasteiger partial charge is 0.310 e. The molecule has 0 unspecified atom stereocenters. The minimum absolute atomic E-state index is 0.00717. The van der Waals surface area contributed by atoms with E-state index < -0.39 is 0 Å². The predicted molar refractivity (Wildman–Crippen MR) is 655 cm³/mol. The average Bonchev–Trinajstić information content (AvgIpc) is 1.50. The number of hydrogen-bond donors (Lipinski definition) is 0. The summed E-state index contributed by atoms with van der Waals surface area (Å²) in [6.07, 6.45) is 0. The minimum Gasteiger partial charge on any atom is -0.310 e. The van der Waals surface area contributed by atoms with Crippen LogP contribution in [0.2, 0.25) is 0 Å². The number of benzene rings is 16. The molecule has 6 nitrogen and oxygen atoms in total. The monoisotopic (exact) mass is 1990 g/mol. The van der Waals surface area contributed by atoms with Crippen molar-refractivity contribution in [2.45, 2.75) is 263 Å². The first-order valence-electron chi connectivity index (χ1n) is 54.6. The molecule has 10 heteroatoms. The molecular weight excluding hydrogens is 1850 g/mol.